The van der Waals surface area contributed by atoms with Crippen LogP contribution in [0, 0.1) is 12.8 Å². The SMILES string of the molecule is CC(=O)NC(C(=O)Nc1nc2c(C)cccc2s1)C1CCCC1. The molecule has 1 heterocycles. The standard InChI is InChI=1S/C17H21N3O2S/c1-10-6-5-9-13-14(10)19-17(23-13)20-16(22)15(18-11(2)21)12-7-3-4-8-12/h5-6,9,12,15H,3-4,7-8H2,1-2H3,(H,18,21)(H,19,20,22). The van der Waals surface area contributed by atoms with Crippen LogP contribution in [0.2, 0.25) is 0 Å². The van der Waals surface area contributed by atoms with Crippen LogP contribution in [0.4, 0.5) is 5.13 Å². The highest BCUT2D eigenvalue weighted by Gasteiger charge is 2.31. The molecule has 1 fully saturated rings. The van der Waals surface area contributed by atoms with Crippen LogP contribution in [-0.4, -0.2) is 22.8 Å². The Morgan fingerprint density at radius 2 is 2.04 bits per heavy atom. The lowest BCUT2D eigenvalue weighted by molar-refractivity contribution is -0.126. The second-order valence-corrected chi connectivity index (χ2v) is 7.18. The molecule has 1 atom stereocenters. The number of para-hydroxylation sites is 1. The van der Waals surface area contributed by atoms with Gasteiger partial charge < -0.3 is 10.6 Å². The summed E-state index contributed by atoms with van der Waals surface area (Å²) in [6.45, 7) is 3.46. The van der Waals surface area contributed by atoms with Crippen molar-refractivity contribution in [3.63, 3.8) is 0 Å². The van der Waals surface area contributed by atoms with Gasteiger partial charge in [0.05, 0.1) is 10.2 Å². The maximum atomic E-state index is 12.6. The fourth-order valence-electron chi connectivity index (χ4n) is 3.23. The van der Waals surface area contributed by atoms with Crippen LogP contribution in [0.15, 0.2) is 18.2 Å². The number of nitrogens with one attached hydrogen (secondary N) is 2. The zero-order valence-corrected chi connectivity index (χ0v) is 14.2. The summed E-state index contributed by atoms with van der Waals surface area (Å²) in [6.07, 6.45) is 4.21. The van der Waals surface area contributed by atoms with E-state index in [1.165, 1.54) is 18.3 Å². The van der Waals surface area contributed by atoms with Gasteiger partial charge in [0, 0.05) is 6.92 Å². The highest BCUT2D eigenvalue weighted by molar-refractivity contribution is 7.22. The number of fused-ring (bicyclic) bond motifs is 1. The first-order valence-corrected chi connectivity index (χ1v) is 8.80. The van der Waals surface area contributed by atoms with Crippen molar-refractivity contribution in [2.75, 3.05) is 5.32 Å². The molecule has 1 unspecified atom stereocenters. The summed E-state index contributed by atoms with van der Waals surface area (Å²) in [5, 5.41) is 6.30. The van der Waals surface area contributed by atoms with Crippen LogP contribution < -0.4 is 10.6 Å². The Bertz CT molecular complexity index is 735. The molecular weight excluding hydrogens is 310 g/mol. The monoisotopic (exact) mass is 331 g/mol. The number of rotatable bonds is 4. The Hall–Kier alpha value is -1.95. The molecule has 2 aromatic rings. The molecule has 1 aromatic heterocycles. The molecule has 0 saturated heterocycles. The Morgan fingerprint density at radius 1 is 1.30 bits per heavy atom. The van der Waals surface area contributed by atoms with Crippen molar-refractivity contribution in [2.45, 2.75) is 45.6 Å². The number of carbonyl (C=O) groups is 2. The van der Waals surface area contributed by atoms with Crippen molar-refractivity contribution in [1.82, 2.24) is 10.3 Å². The minimum absolute atomic E-state index is 0.163. The van der Waals surface area contributed by atoms with Gasteiger partial charge in [-0.25, -0.2) is 4.98 Å². The molecule has 3 rings (SSSR count). The maximum absolute atomic E-state index is 12.6. The maximum Gasteiger partial charge on any atom is 0.249 e. The second-order valence-electron chi connectivity index (χ2n) is 6.15. The third kappa shape index (κ3) is 3.52. The quantitative estimate of drug-likeness (QED) is 0.903. The molecule has 1 aliphatic carbocycles. The highest BCUT2D eigenvalue weighted by Crippen LogP contribution is 2.30. The summed E-state index contributed by atoms with van der Waals surface area (Å²) >= 11 is 1.46. The van der Waals surface area contributed by atoms with Crippen LogP contribution >= 0.6 is 11.3 Å². The minimum atomic E-state index is -0.469. The van der Waals surface area contributed by atoms with Gasteiger partial charge in [-0.05, 0) is 37.3 Å². The summed E-state index contributed by atoms with van der Waals surface area (Å²) in [5.74, 6) is -0.115. The fourth-order valence-corrected chi connectivity index (χ4v) is 4.18. The second kappa shape index (κ2) is 6.66. The first-order valence-electron chi connectivity index (χ1n) is 7.98. The number of hydrogen-bond donors (Lipinski definition) is 2. The summed E-state index contributed by atoms with van der Waals surface area (Å²) < 4.78 is 1.05. The zero-order chi connectivity index (χ0) is 16.4. The normalized spacial score (nSPS) is 16.4. The molecule has 5 nitrogen and oxygen atoms in total. The van der Waals surface area contributed by atoms with Crippen molar-refractivity contribution in [3.8, 4) is 0 Å². The molecule has 0 bridgehead atoms. The van der Waals surface area contributed by atoms with E-state index in [1.54, 1.807) is 0 Å². The van der Waals surface area contributed by atoms with Crippen molar-refractivity contribution in [3.05, 3.63) is 23.8 Å². The van der Waals surface area contributed by atoms with Gasteiger partial charge in [0.25, 0.3) is 0 Å². The van der Waals surface area contributed by atoms with Crippen LogP contribution in [0.25, 0.3) is 10.2 Å². The lowest BCUT2D eigenvalue weighted by Gasteiger charge is -2.22. The molecule has 23 heavy (non-hydrogen) atoms. The van der Waals surface area contributed by atoms with Crippen LogP contribution in [0.5, 0.6) is 0 Å². The number of nitrogens with zero attached hydrogens (tertiary/aromatic N) is 1. The number of thiazole rings is 1. The number of benzene rings is 1. The van der Waals surface area contributed by atoms with E-state index in [9.17, 15) is 9.59 Å². The molecule has 0 spiro atoms. The van der Waals surface area contributed by atoms with Crippen LogP contribution in [0.3, 0.4) is 0 Å². The van der Waals surface area contributed by atoms with Crippen molar-refractivity contribution >= 4 is 38.5 Å². The fraction of sp³-hybridized carbons (Fsp3) is 0.471. The van der Waals surface area contributed by atoms with E-state index in [-0.39, 0.29) is 17.7 Å². The molecule has 0 radical (unpaired) electrons. The number of hydrogen-bond acceptors (Lipinski definition) is 4. The van der Waals surface area contributed by atoms with Crippen molar-refractivity contribution < 1.29 is 9.59 Å². The molecule has 1 aromatic carbocycles. The van der Waals surface area contributed by atoms with Gasteiger partial charge in [0.1, 0.15) is 6.04 Å². The molecule has 6 heteroatoms. The zero-order valence-electron chi connectivity index (χ0n) is 13.4. The average Bonchev–Trinajstić information content (AvgIpc) is 3.14. The smallest absolute Gasteiger partial charge is 0.249 e. The van der Waals surface area contributed by atoms with E-state index >= 15 is 0 Å². The summed E-state index contributed by atoms with van der Waals surface area (Å²) in [7, 11) is 0. The Kier molecular flexibility index (Phi) is 4.61. The van der Waals surface area contributed by atoms with Gasteiger partial charge >= 0.3 is 0 Å². The summed E-state index contributed by atoms with van der Waals surface area (Å²) in [4.78, 5) is 28.6. The first-order chi connectivity index (χ1) is 11.0. The van der Waals surface area contributed by atoms with Gasteiger partial charge in [-0.1, -0.05) is 36.3 Å². The lowest BCUT2D eigenvalue weighted by atomic mass is 9.97. The van der Waals surface area contributed by atoms with Gasteiger partial charge in [-0.3, -0.25) is 9.59 Å². The predicted octanol–water partition coefficient (Wildman–Crippen LogP) is 3.24. The molecular formula is C17H21N3O2S. The molecule has 1 aliphatic rings. The number of amides is 2. The number of anilines is 1. The van der Waals surface area contributed by atoms with Gasteiger partial charge in [0.2, 0.25) is 11.8 Å². The van der Waals surface area contributed by atoms with Crippen molar-refractivity contribution in [1.29, 1.82) is 0 Å². The van der Waals surface area contributed by atoms with E-state index in [2.05, 4.69) is 15.6 Å². The lowest BCUT2D eigenvalue weighted by Crippen LogP contribution is -2.47. The minimum Gasteiger partial charge on any atom is -0.344 e. The predicted molar refractivity (Wildman–Crippen MR) is 92.5 cm³/mol. The molecule has 122 valence electrons. The first kappa shape index (κ1) is 15.9. The topological polar surface area (TPSA) is 71.1 Å². The van der Waals surface area contributed by atoms with Crippen LogP contribution in [0.1, 0.15) is 38.2 Å². The molecule has 2 N–H and O–H groups in total. The van der Waals surface area contributed by atoms with Crippen molar-refractivity contribution in [2.24, 2.45) is 5.92 Å². The van der Waals surface area contributed by atoms with E-state index in [0.29, 0.717) is 5.13 Å². The van der Waals surface area contributed by atoms with Gasteiger partial charge in [0.15, 0.2) is 5.13 Å². The van der Waals surface area contributed by atoms with E-state index in [1.807, 2.05) is 25.1 Å². The molecule has 1 saturated carbocycles. The summed E-state index contributed by atoms with van der Waals surface area (Å²) in [6, 6.07) is 5.52. The van der Waals surface area contributed by atoms with Gasteiger partial charge in [-0.15, -0.1) is 0 Å². The third-order valence-corrected chi connectivity index (χ3v) is 5.30. The Balaban J connectivity index is 1.79. The average molecular weight is 331 g/mol. The number of carbonyl (C=O) groups excluding carboxylic acids is 2. The van der Waals surface area contributed by atoms with Crippen LogP contribution in [-0.2, 0) is 9.59 Å². The van der Waals surface area contributed by atoms with E-state index < -0.39 is 6.04 Å². The molecule has 2 amide bonds. The Labute approximate surface area is 139 Å². The number of aromatic nitrogens is 1. The molecule has 0 aliphatic heterocycles. The highest BCUT2D eigenvalue weighted by atomic mass is 32.1. The third-order valence-electron chi connectivity index (χ3n) is 4.36. The Morgan fingerprint density at radius 3 is 2.70 bits per heavy atom. The largest absolute Gasteiger partial charge is 0.344 e. The van der Waals surface area contributed by atoms with E-state index in [4.69, 9.17) is 0 Å². The van der Waals surface area contributed by atoms with E-state index in [0.717, 1.165) is 41.5 Å². The summed E-state index contributed by atoms with van der Waals surface area (Å²) in [5.41, 5.74) is 2.01. The van der Waals surface area contributed by atoms with Gasteiger partial charge in [-0.2, -0.15) is 0 Å². The number of aryl methyl sites for hydroxylation is 1.